The summed E-state index contributed by atoms with van der Waals surface area (Å²) >= 11 is 1.80. The molecule has 0 unspecified atom stereocenters. The fourth-order valence-corrected chi connectivity index (χ4v) is 7.07. The van der Waals surface area contributed by atoms with Crippen LogP contribution in [0.2, 0.25) is 0 Å². The fourth-order valence-electron chi connectivity index (χ4n) is 5.99. The van der Waals surface area contributed by atoms with Crippen molar-refractivity contribution in [2.45, 2.75) is 0 Å². The first kappa shape index (κ1) is 26.4. The maximum Gasteiger partial charge on any atom is 0.227 e. The SMILES string of the molecule is c1ccc(-c2nc(-c3ccc4sc5ccccc5c4c3)nc(-c3ccccc3-c3cccc4nc(-c5ccccc5)oc34)n2)cc1. The molecule has 3 heterocycles. The molecule has 0 radical (unpaired) electrons. The molecule has 0 N–H and O–H groups in total. The highest BCUT2D eigenvalue weighted by Gasteiger charge is 2.19. The van der Waals surface area contributed by atoms with Crippen molar-refractivity contribution in [2.24, 2.45) is 0 Å². The molecule has 0 fully saturated rings. The van der Waals surface area contributed by atoms with Gasteiger partial charge in [-0.15, -0.1) is 11.3 Å². The number of rotatable bonds is 5. The molecule has 6 heteroatoms. The first-order valence-corrected chi connectivity index (χ1v) is 15.9. The van der Waals surface area contributed by atoms with Gasteiger partial charge >= 0.3 is 0 Å². The minimum absolute atomic E-state index is 0.589. The second-order valence-electron chi connectivity index (χ2n) is 11.1. The van der Waals surface area contributed by atoms with Crippen LogP contribution in [0.4, 0.5) is 0 Å². The van der Waals surface area contributed by atoms with Crippen molar-refractivity contribution in [2.75, 3.05) is 0 Å². The molecule has 216 valence electrons. The topological polar surface area (TPSA) is 64.7 Å². The van der Waals surface area contributed by atoms with Crippen molar-refractivity contribution >= 4 is 42.6 Å². The zero-order valence-corrected chi connectivity index (χ0v) is 25.3. The Morgan fingerprint density at radius 3 is 1.87 bits per heavy atom. The van der Waals surface area contributed by atoms with Gasteiger partial charge in [-0.25, -0.2) is 19.9 Å². The van der Waals surface area contributed by atoms with Crippen molar-refractivity contribution in [1.82, 2.24) is 19.9 Å². The van der Waals surface area contributed by atoms with E-state index in [2.05, 4.69) is 60.7 Å². The quantitative estimate of drug-likeness (QED) is 0.194. The van der Waals surface area contributed by atoms with Gasteiger partial charge in [-0.1, -0.05) is 103 Å². The van der Waals surface area contributed by atoms with Gasteiger partial charge in [0.05, 0.1) is 0 Å². The van der Waals surface area contributed by atoms with Crippen molar-refractivity contribution in [3.8, 4) is 56.7 Å². The smallest absolute Gasteiger partial charge is 0.227 e. The van der Waals surface area contributed by atoms with E-state index in [1.807, 2.05) is 84.9 Å². The predicted octanol–water partition coefficient (Wildman–Crippen LogP) is 10.7. The van der Waals surface area contributed by atoms with Crippen LogP contribution in [0, 0.1) is 0 Å². The lowest BCUT2D eigenvalue weighted by atomic mass is 9.98. The van der Waals surface area contributed by atoms with Crippen LogP contribution in [0.25, 0.3) is 88.0 Å². The van der Waals surface area contributed by atoms with E-state index in [4.69, 9.17) is 24.4 Å². The normalized spacial score (nSPS) is 11.5. The Morgan fingerprint density at radius 1 is 0.413 bits per heavy atom. The van der Waals surface area contributed by atoms with Gasteiger partial charge in [-0.05, 0) is 48.0 Å². The molecule has 0 bridgehead atoms. The second-order valence-corrected chi connectivity index (χ2v) is 12.1. The maximum atomic E-state index is 6.42. The van der Waals surface area contributed by atoms with Gasteiger partial charge in [0.2, 0.25) is 5.89 Å². The van der Waals surface area contributed by atoms with Gasteiger partial charge < -0.3 is 4.42 Å². The molecule has 0 atom stereocenters. The molecule has 0 saturated heterocycles. The average Bonchev–Trinajstić information content (AvgIpc) is 3.74. The Labute approximate surface area is 268 Å². The standard InChI is InChI=1S/C40H24N4OS/c1-3-12-25(13-4-1)37-42-38(27-22-23-35-32(24-27)29-17-9-10-21-34(29)46-35)44-39(43-37)31-18-8-7-16-28(31)30-19-11-20-33-36(30)45-40(41-33)26-14-5-2-6-15-26/h1-24H. The number of hydrogen-bond donors (Lipinski definition) is 0. The molecule has 0 aliphatic rings. The number of hydrogen-bond acceptors (Lipinski definition) is 6. The maximum absolute atomic E-state index is 6.42. The molecular weight excluding hydrogens is 585 g/mol. The van der Waals surface area contributed by atoms with Crippen LogP contribution in [0.1, 0.15) is 0 Å². The number of thiophene rings is 1. The van der Waals surface area contributed by atoms with Crippen LogP contribution >= 0.6 is 11.3 Å². The monoisotopic (exact) mass is 608 g/mol. The Kier molecular flexibility index (Phi) is 6.25. The van der Waals surface area contributed by atoms with E-state index >= 15 is 0 Å². The second kappa shape index (κ2) is 10.9. The van der Waals surface area contributed by atoms with Crippen LogP contribution in [0.15, 0.2) is 150 Å². The summed E-state index contributed by atoms with van der Waals surface area (Å²) in [6, 6.07) is 49.3. The summed E-state index contributed by atoms with van der Waals surface area (Å²) in [4.78, 5) is 20.0. The molecule has 6 aromatic carbocycles. The number of nitrogens with zero attached hydrogens (tertiary/aromatic N) is 4. The number of benzene rings is 6. The largest absolute Gasteiger partial charge is 0.435 e. The van der Waals surface area contributed by atoms with E-state index in [-0.39, 0.29) is 0 Å². The molecule has 46 heavy (non-hydrogen) atoms. The van der Waals surface area contributed by atoms with E-state index in [1.165, 1.54) is 20.2 Å². The zero-order valence-electron chi connectivity index (χ0n) is 24.5. The minimum atomic E-state index is 0.589. The Morgan fingerprint density at radius 2 is 1.04 bits per heavy atom. The number of oxazole rings is 1. The van der Waals surface area contributed by atoms with E-state index in [0.717, 1.165) is 44.5 Å². The summed E-state index contributed by atoms with van der Waals surface area (Å²) in [5, 5.41) is 2.44. The Hall–Kier alpha value is -5.98. The summed E-state index contributed by atoms with van der Waals surface area (Å²) in [5.41, 5.74) is 7.09. The van der Waals surface area contributed by atoms with Crippen LogP contribution in [0.5, 0.6) is 0 Å². The Balaban J connectivity index is 1.24. The molecule has 9 rings (SSSR count). The lowest BCUT2D eigenvalue weighted by Crippen LogP contribution is -2.01. The third-order valence-electron chi connectivity index (χ3n) is 8.20. The summed E-state index contributed by atoms with van der Waals surface area (Å²) in [7, 11) is 0. The van der Waals surface area contributed by atoms with Gasteiger partial charge in [0.1, 0.15) is 5.52 Å². The first-order chi connectivity index (χ1) is 22.8. The van der Waals surface area contributed by atoms with Crippen LogP contribution in [-0.4, -0.2) is 19.9 Å². The van der Waals surface area contributed by atoms with Crippen LogP contribution in [-0.2, 0) is 0 Å². The highest BCUT2D eigenvalue weighted by Crippen LogP contribution is 2.39. The van der Waals surface area contributed by atoms with E-state index in [9.17, 15) is 0 Å². The van der Waals surface area contributed by atoms with Gasteiger partial charge in [0.15, 0.2) is 23.1 Å². The van der Waals surface area contributed by atoms with Crippen LogP contribution < -0.4 is 0 Å². The highest BCUT2D eigenvalue weighted by atomic mass is 32.1. The van der Waals surface area contributed by atoms with Gasteiger partial charge in [-0.2, -0.15) is 0 Å². The van der Waals surface area contributed by atoms with Gasteiger partial charge in [-0.3, -0.25) is 0 Å². The third kappa shape index (κ3) is 4.55. The molecule has 0 saturated carbocycles. The van der Waals surface area contributed by atoms with Gasteiger partial charge in [0.25, 0.3) is 0 Å². The highest BCUT2D eigenvalue weighted by molar-refractivity contribution is 7.25. The molecule has 0 amide bonds. The number of para-hydroxylation sites is 1. The van der Waals surface area contributed by atoms with E-state index < -0.39 is 0 Å². The minimum Gasteiger partial charge on any atom is -0.435 e. The average molecular weight is 609 g/mol. The summed E-state index contributed by atoms with van der Waals surface area (Å²) in [6.45, 7) is 0. The summed E-state index contributed by atoms with van der Waals surface area (Å²) < 4.78 is 8.93. The fraction of sp³-hybridized carbons (Fsp3) is 0. The molecule has 0 aliphatic carbocycles. The molecular formula is C40H24N4OS. The van der Waals surface area contributed by atoms with Crippen molar-refractivity contribution in [3.05, 3.63) is 146 Å². The molecule has 0 aliphatic heterocycles. The zero-order chi connectivity index (χ0) is 30.5. The predicted molar refractivity (Wildman–Crippen MR) is 187 cm³/mol. The molecule has 5 nitrogen and oxygen atoms in total. The lowest BCUT2D eigenvalue weighted by molar-refractivity contribution is 0.621. The molecule has 0 spiro atoms. The molecule has 9 aromatic rings. The lowest BCUT2D eigenvalue weighted by Gasteiger charge is -2.12. The summed E-state index contributed by atoms with van der Waals surface area (Å²) in [6.07, 6.45) is 0. The molecule has 3 aromatic heterocycles. The number of aromatic nitrogens is 4. The van der Waals surface area contributed by atoms with Crippen molar-refractivity contribution in [1.29, 1.82) is 0 Å². The summed E-state index contributed by atoms with van der Waals surface area (Å²) in [5.74, 6) is 2.43. The van der Waals surface area contributed by atoms with Gasteiger partial charge in [0, 0.05) is 48.0 Å². The first-order valence-electron chi connectivity index (χ1n) is 15.1. The van der Waals surface area contributed by atoms with E-state index in [1.54, 1.807) is 11.3 Å². The van der Waals surface area contributed by atoms with Crippen LogP contribution in [0.3, 0.4) is 0 Å². The van der Waals surface area contributed by atoms with Crippen molar-refractivity contribution in [3.63, 3.8) is 0 Å². The van der Waals surface area contributed by atoms with E-state index in [0.29, 0.717) is 23.4 Å². The number of fused-ring (bicyclic) bond motifs is 4. The third-order valence-corrected chi connectivity index (χ3v) is 9.35. The van der Waals surface area contributed by atoms with Crippen molar-refractivity contribution < 1.29 is 4.42 Å². The Bertz CT molecular complexity index is 2540.